The number of nitrogens with zero attached hydrogens (tertiary/aromatic N) is 1. The normalized spacial score (nSPS) is 10.5. The van der Waals surface area contributed by atoms with Crippen molar-refractivity contribution in [2.45, 2.75) is 0 Å². The molecule has 0 heterocycles. The molecule has 0 bridgehead atoms. The third kappa shape index (κ3) is 4.77. The predicted molar refractivity (Wildman–Crippen MR) is 93.5 cm³/mol. The molecule has 0 aromatic heterocycles. The van der Waals surface area contributed by atoms with Crippen LogP contribution in [0.15, 0.2) is 41.5 Å². The highest BCUT2D eigenvalue weighted by Crippen LogP contribution is 2.35. The molecule has 0 spiro atoms. The number of para-hydroxylation sites is 2. The Morgan fingerprint density at radius 2 is 1.88 bits per heavy atom. The minimum absolute atomic E-state index is 0.00185. The van der Waals surface area contributed by atoms with Gasteiger partial charge in [0.15, 0.2) is 11.5 Å². The van der Waals surface area contributed by atoms with E-state index in [0.29, 0.717) is 17.0 Å². The molecule has 2 aromatic rings. The van der Waals surface area contributed by atoms with E-state index in [1.165, 1.54) is 25.5 Å². The van der Waals surface area contributed by atoms with Crippen molar-refractivity contribution in [3.63, 3.8) is 0 Å². The van der Waals surface area contributed by atoms with Crippen LogP contribution < -0.4 is 20.2 Å². The summed E-state index contributed by atoms with van der Waals surface area (Å²) < 4.78 is 10.1. The first kappa shape index (κ1) is 17.9. The molecule has 4 N–H and O–H groups in total. The van der Waals surface area contributed by atoms with Crippen molar-refractivity contribution in [2.75, 3.05) is 26.1 Å². The van der Waals surface area contributed by atoms with Gasteiger partial charge in [0, 0.05) is 5.56 Å². The highest BCUT2D eigenvalue weighted by molar-refractivity contribution is 5.85. The van der Waals surface area contributed by atoms with Crippen molar-refractivity contribution in [2.24, 2.45) is 5.10 Å². The fraction of sp³-hybridized carbons (Fsp3) is 0.176. The number of phenols is 2. The van der Waals surface area contributed by atoms with E-state index < -0.39 is 0 Å². The monoisotopic (exact) mass is 345 g/mol. The Hall–Kier alpha value is -3.42. The summed E-state index contributed by atoms with van der Waals surface area (Å²) in [6, 6.07) is 9.99. The second-order valence-electron chi connectivity index (χ2n) is 4.94. The summed E-state index contributed by atoms with van der Waals surface area (Å²) in [4.78, 5) is 11.8. The van der Waals surface area contributed by atoms with E-state index in [-0.39, 0.29) is 29.7 Å². The van der Waals surface area contributed by atoms with Gasteiger partial charge in [-0.3, -0.25) is 4.79 Å². The van der Waals surface area contributed by atoms with Crippen LogP contribution in [0.4, 0.5) is 5.69 Å². The number of benzene rings is 2. The van der Waals surface area contributed by atoms with Crippen molar-refractivity contribution in [1.29, 1.82) is 0 Å². The zero-order chi connectivity index (χ0) is 18.2. The van der Waals surface area contributed by atoms with E-state index in [0.717, 1.165) is 0 Å². The largest absolute Gasteiger partial charge is 0.504 e. The van der Waals surface area contributed by atoms with Crippen LogP contribution >= 0.6 is 0 Å². The van der Waals surface area contributed by atoms with E-state index in [9.17, 15) is 15.0 Å². The highest BCUT2D eigenvalue weighted by Gasteiger charge is 2.08. The van der Waals surface area contributed by atoms with Gasteiger partial charge in [0.1, 0.15) is 5.75 Å². The summed E-state index contributed by atoms with van der Waals surface area (Å²) in [5.74, 6) is -0.331. The van der Waals surface area contributed by atoms with Gasteiger partial charge in [0.05, 0.1) is 32.7 Å². The number of anilines is 1. The van der Waals surface area contributed by atoms with Gasteiger partial charge in [-0.1, -0.05) is 12.1 Å². The number of hydrogen-bond donors (Lipinski definition) is 4. The van der Waals surface area contributed by atoms with Crippen LogP contribution in [0.1, 0.15) is 5.56 Å². The molecule has 2 aromatic carbocycles. The number of ether oxygens (including phenoxy) is 2. The number of phenolic OH excluding ortho intramolecular Hbond substituents is 2. The molecule has 0 atom stereocenters. The lowest BCUT2D eigenvalue weighted by molar-refractivity contribution is -0.119. The van der Waals surface area contributed by atoms with Gasteiger partial charge >= 0.3 is 0 Å². The van der Waals surface area contributed by atoms with Crippen LogP contribution in [0.2, 0.25) is 0 Å². The lowest BCUT2D eigenvalue weighted by Crippen LogP contribution is -2.26. The number of rotatable bonds is 7. The fourth-order valence-corrected chi connectivity index (χ4v) is 2.03. The Bertz CT molecular complexity index is 777. The Balaban J connectivity index is 1.91. The third-order valence-corrected chi connectivity index (χ3v) is 3.25. The highest BCUT2D eigenvalue weighted by atomic mass is 16.5. The van der Waals surface area contributed by atoms with Crippen molar-refractivity contribution in [1.82, 2.24) is 5.43 Å². The minimum Gasteiger partial charge on any atom is -0.504 e. The Morgan fingerprint density at radius 3 is 2.60 bits per heavy atom. The number of carbonyl (C=O) groups is 1. The summed E-state index contributed by atoms with van der Waals surface area (Å²) in [5, 5.41) is 25.9. The van der Waals surface area contributed by atoms with Crippen LogP contribution in [-0.2, 0) is 4.79 Å². The SMILES string of the molecule is COc1ccccc1NCC(=O)N/N=C/c1cc(O)c(O)c(OC)c1. The van der Waals surface area contributed by atoms with Gasteiger partial charge in [0.2, 0.25) is 5.75 Å². The van der Waals surface area contributed by atoms with Gasteiger partial charge in [0.25, 0.3) is 5.91 Å². The molecule has 8 heteroatoms. The predicted octanol–water partition coefficient (Wildman–Crippen LogP) is 1.68. The van der Waals surface area contributed by atoms with Crippen LogP contribution in [0, 0.1) is 0 Å². The van der Waals surface area contributed by atoms with Crippen molar-refractivity contribution in [3.8, 4) is 23.0 Å². The lowest BCUT2D eigenvalue weighted by atomic mass is 10.2. The summed E-state index contributed by atoms with van der Waals surface area (Å²) in [6.45, 7) is 0.00185. The summed E-state index contributed by atoms with van der Waals surface area (Å²) in [5.41, 5.74) is 3.49. The Morgan fingerprint density at radius 1 is 1.16 bits per heavy atom. The minimum atomic E-state index is -0.364. The van der Waals surface area contributed by atoms with Crippen LogP contribution in [-0.4, -0.2) is 43.1 Å². The number of hydrazone groups is 1. The molecule has 0 saturated heterocycles. The molecule has 0 aliphatic carbocycles. The number of amides is 1. The zero-order valence-corrected chi connectivity index (χ0v) is 13.8. The van der Waals surface area contributed by atoms with E-state index in [2.05, 4.69) is 15.8 Å². The van der Waals surface area contributed by atoms with Gasteiger partial charge in [-0.2, -0.15) is 5.10 Å². The van der Waals surface area contributed by atoms with Gasteiger partial charge in [-0.25, -0.2) is 5.43 Å². The topological polar surface area (TPSA) is 112 Å². The Kier molecular flexibility index (Phi) is 6.05. The summed E-state index contributed by atoms with van der Waals surface area (Å²) in [6.07, 6.45) is 1.32. The van der Waals surface area contributed by atoms with Gasteiger partial charge < -0.3 is 25.0 Å². The van der Waals surface area contributed by atoms with Crippen molar-refractivity contribution in [3.05, 3.63) is 42.0 Å². The average molecular weight is 345 g/mol. The molecule has 132 valence electrons. The van der Waals surface area contributed by atoms with E-state index in [4.69, 9.17) is 9.47 Å². The maximum absolute atomic E-state index is 11.8. The number of carbonyl (C=O) groups excluding carboxylic acids is 1. The van der Waals surface area contributed by atoms with Crippen LogP contribution in [0.25, 0.3) is 0 Å². The van der Waals surface area contributed by atoms with Crippen molar-refractivity contribution < 1.29 is 24.5 Å². The lowest BCUT2D eigenvalue weighted by Gasteiger charge is -2.09. The molecule has 1 amide bonds. The molecule has 0 aliphatic heterocycles. The van der Waals surface area contributed by atoms with E-state index >= 15 is 0 Å². The smallest absolute Gasteiger partial charge is 0.259 e. The molecule has 8 nitrogen and oxygen atoms in total. The van der Waals surface area contributed by atoms with Gasteiger partial charge in [-0.15, -0.1) is 0 Å². The zero-order valence-electron chi connectivity index (χ0n) is 13.8. The number of methoxy groups -OCH3 is 2. The molecule has 25 heavy (non-hydrogen) atoms. The number of nitrogens with one attached hydrogen (secondary N) is 2. The molecule has 0 fully saturated rings. The standard InChI is InChI=1S/C17H19N3O5/c1-24-14-6-4-3-5-12(14)18-10-16(22)20-19-9-11-7-13(21)17(23)15(8-11)25-2/h3-9,18,21,23H,10H2,1-2H3,(H,20,22)/b19-9+. The maximum atomic E-state index is 11.8. The second-order valence-corrected chi connectivity index (χ2v) is 4.94. The van der Waals surface area contributed by atoms with Crippen LogP contribution in [0.5, 0.6) is 23.0 Å². The first-order valence-electron chi connectivity index (χ1n) is 7.34. The molecule has 0 unspecified atom stereocenters. The Labute approximate surface area is 144 Å². The van der Waals surface area contributed by atoms with Crippen molar-refractivity contribution >= 4 is 17.8 Å². The van der Waals surface area contributed by atoms with Crippen LogP contribution in [0.3, 0.4) is 0 Å². The third-order valence-electron chi connectivity index (χ3n) is 3.25. The van der Waals surface area contributed by atoms with E-state index in [1.54, 1.807) is 19.2 Å². The maximum Gasteiger partial charge on any atom is 0.259 e. The number of aromatic hydroxyl groups is 2. The molecule has 0 radical (unpaired) electrons. The molecular weight excluding hydrogens is 326 g/mol. The first-order valence-corrected chi connectivity index (χ1v) is 7.34. The van der Waals surface area contributed by atoms with Gasteiger partial charge in [-0.05, 0) is 24.3 Å². The molecule has 0 saturated carbocycles. The first-order chi connectivity index (χ1) is 12.0. The molecular formula is C17H19N3O5. The number of hydrogen-bond acceptors (Lipinski definition) is 7. The van der Waals surface area contributed by atoms with E-state index in [1.807, 2.05) is 12.1 Å². The quantitative estimate of drug-likeness (QED) is 0.345. The second kappa shape index (κ2) is 8.44. The summed E-state index contributed by atoms with van der Waals surface area (Å²) >= 11 is 0. The fourth-order valence-electron chi connectivity index (χ4n) is 2.03. The summed E-state index contributed by atoms with van der Waals surface area (Å²) in [7, 11) is 2.91. The average Bonchev–Trinajstić information content (AvgIpc) is 2.62. The molecule has 0 aliphatic rings. The molecule has 2 rings (SSSR count).